The number of carbonyl (C=O) groups is 1. The molecule has 9 nitrogen and oxygen atoms in total. The van der Waals surface area contributed by atoms with E-state index in [0.29, 0.717) is 30.0 Å². The largest absolute Gasteiger partial charge is 0.326 e. The highest BCUT2D eigenvalue weighted by Gasteiger charge is 2.13. The Morgan fingerprint density at radius 2 is 2.00 bits per heavy atom. The number of amides is 1. The number of fused-ring (bicyclic) bond motifs is 1. The summed E-state index contributed by atoms with van der Waals surface area (Å²) in [6, 6.07) is 8.73. The van der Waals surface area contributed by atoms with E-state index in [2.05, 4.69) is 30.6 Å². The number of H-pyrrole nitrogens is 1. The molecule has 3 heterocycles. The van der Waals surface area contributed by atoms with Crippen LogP contribution in [0, 0.1) is 20.8 Å². The zero-order chi connectivity index (χ0) is 21.3. The minimum absolute atomic E-state index is 0.0952. The van der Waals surface area contributed by atoms with Crippen LogP contribution in [0.2, 0.25) is 0 Å². The molecule has 3 aromatic heterocycles. The van der Waals surface area contributed by atoms with Gasteiger partial charge < -0.3 is 5.32 Å². The first-order chi connectivity index (χ1) is 14.4. The topological polar surface area (TPSA) is 118 Å². The van der Waals surface area contributed by atoms with Gasteiger partial charge in [0.2, 0.25) is 5.91 Å². The van der Waals surface area contributed by atoms with E-state index in [0.717, 1.165) is 28.1 Å². The molecule has 0 aliphatic heterocycles. The Morgan fingerprint density at radius 1 is 1.17 bits per heavy atom. The molecule has 1 aromatic carbocycles. The molecule has 0 atom stereocenters. The average molecular weight is 403 g/mol. The van der Waals surface area contributed by atoms with Crippen LogP contribution in [-0.4, -0.2) is 35.7 Å². The van der Waals surface area contributed by atoms with Gasteiger partial charge in [-0.15, -0.1) is 0 Å². The lowest BCUT2D eigenvalue weighted by molar-refractivity contribution is -0.116. The van der Waals surface area contributed by atoms with Crippen molar-refractivity contribution in [1.29, 1.82) is 0 Å². The molecule has 0 aliphatic rings. The van der Waals surface area contributed by atoms with E-state index in [-0.39, 0.29) is 11.5 Å². The van der Waals surface area contributed by atoms with Crippen molar-refractivity contribution in [1.82, 2.24) is 29.8 Å². The SMILES string of the molecule is Cc1ccc(-c2ccc(=O)[nH]n2)cc1NC(=O)CCc1c(C)nc2ncnn2c1C. The van der Waals surface area contributed by atoms with Crippen molar-refractivity contribution in [2.24, 2.45) is 0 Å². The molecule has 0 radical (unpaired) electrons. The molecule has 4 rings (SSSR count). The zero-order valence-corrected chi connectivity index (χ0v) is 16.9. The number of nitrogens with one attached hydrogen (secondary N) is 2. The summed E-state index contributed by atoms with van der Waals surface area (Å²) in [5, 5.41) is 13.6. The predicted octanol–water partition coefficient (Wildman–Crippen LogP) is 2.37. The molecule has 0 fully saturated rings. The Morgan fingerprint density at radius 3 is 2.77 bits per heavy atom. The van der Waals surface area contributed by atoms with Crippen LogP contribution in [0.1, 0.15) is 28.9 Å². The number of aromatic amines is 1. The fourth-order valence-electron chi connectivity index (χ4n) is 3.39. The maximum Gasteiger partial charge on any atom is 0.264 e. The molecule has 0 saturated carbocycles. The van der Waals surface area contributed by atoms with Crippen LogP contribution in [0.25, 0.3) is 17.0 Å². The molecule has 0 saturated heterocycles. The smallest absolute Gasteiger partial charge is 0.264 e. The summed E-state index contributed by atoms with van der Waals surface area (Å²) >= 11 is 0. The van der Waals surface area contributed by atoms with Crippen molar-refractivity contribution in [2.75, 3.05) is 5.32 Å². The van der Waals surface area contributed by atoms with Gasteiger partial charge >= 0.3 is 0 Å². The molecule has 30 heavy (non-hydrogen) atoms. The second-order valence-electron chi connectivity index (χ2n) is 7.12. The van der Waals surface area contributed by atoms with Gasteiger partial charge in [0.25, 0.3) is 11.3 Å². The van der Waals surface area contributed by atoms with Crippen molar-refractivity contribution in [3.63, 3.8) is 0 Å². The van der Waals surface area contributed by atoms with Gasteiger partial charge in [-0.25, -0.2) is 14.6 Å². The number of nitrogens with zero attached hydrogens (tertiary/aromatic N) is 5. The van der Waals surface area contributed by atoms with Gasteiger partial charge in [0.05, 0.1) is 5.69 Å². The Balaban J connectivity index is 1.50. The van der Waals surface area contributed by atoms with Crippen molar-refractivity contribution >= 4 is 17.4 Å². The summed E-state index contributed by atoms with van der Waals surface area (Å²) in [6.07, 6.45) is 2.33. The Hall–Kier alpha value is -3.88. The normalized spacial score (nSPS) is 11.0. The Labute approximate surface area is 172 Å². The highest BCUT2D eigenvalue weighted by molar-refractivity contribution is 5.92. The third-order valence-electron chi connectivity index (χ3n) is 5.08. The first-order valence-electron chi connectivity index (χ1n) is 9.55. The number of carbonyl (C=O) groups excluding carboxylic acids is 1. The molecule has 0 unspecified atom stereocenters. The van der Waals surface area contributed by atoms with Gasteiger partial charge in [0.15, 0.2) is 0 Å². The fraction of sp³-hybridized carbons (Fsp3) is 0.238. The third-order valence-corrected chi connectivity index (χ3v) is 5.08. The van der Waals surface area contributed by atoms with Crippen LogP contribution in [-0.2, 0) is 11.2 Å². The van der Waals surface area contributed by atoms with Crippen LogP contribution < -0.4 is 10.9 Å². The lowest BCUT2D eigenvalue weighted by Gasteiger charge is -2.12. The quantitative estimate of drug-likeness (QED) is 0.528. The van der Waals surface area contributed by atoms with E-state index in [1.54, 1.807) is 10.6 Å². The number of hydrogen-bond acceptors (Lipinski definition) is 6. The molecule has 9 heteroatoms. The van der Waals surface area contributed by atoms with Crippen LogP contribution in [0.15, 0.2) is 41.5 Å². The number of aryl methyl sites for hydroxylation is 3. The first-order valence-corrected chi connectivity index (χ1v) is 9.55. The highest BCUT2D eigenvalue weighted by atomic mass is 16.1. The van der Waals surface area contributed by atoms with Crippen molar-refractivity contribution in [2.45, 2.75) is 33.6 Å². The molecular weight excluding hydrogens is 382 g/mol. The van der Waals surface area contributed by atoms with E-state index in [4.69, 9.17) is 0 Å². The lowest BCUT2D eigenvalue weighted by atomic mass is 10.1. The molecular formula is C21H21N7O2. The van der Waals surface area contributed by atoms with Gasteiger partial charge in [-0.3, -0.25) is 9.59 Å². The summed E-state index contributed by atoms with van der Waals surface area (Å²) in [5.74, 6) is 0.462. The molecule has 4 aromatic rings. The van der Waals surface area contributed by atoms with Crippen LogP contribution in [0.5, 0.6) is 0 Å². The van der Waals surface area contributed by atoms with E-state index < -0.39 is 0 Å². The van der Waals surface area contributed by atoms with Gasteiger partial charge in [-0.2, -0.15) is 15.2 Å². The standard InChI is InChI=1S/C21H21N7O2/c1-12-4-5-15(17-7-9-20(30)27-26-17)10-18(12)25-19(29)8-6-16-13(2)24-21-22-11-23-28(21)14(16)3/h4-5,7,9-11H,6,8H2,1-3H3,(H,25,29)(H,27,30). The number of benzene rings is 1. The average Bonchev–Trinajstić information content (AvgIpc) is 3.19. The Kier molecular flexibility index (Phi) is 5.09. The first kappa shape index (κ1) is 19.4. The monoisotopic (exact) mass is 403 g/mol. The molecule has 0 spiro atoms. The van der Waals surface area contributed by atoms with Gasteiger partial charge in [-0.05, 0) is 50.5 Å². The van der Waals surface area contributed by atoms with Gasteiger partial charge in [-0.1, -0.05) is 12.1 Å². The zero-order valence-electron chi connectivity index (χ0n) is 16.9. The maximum atomic E-state index is 12.6. The van der Waals surface area contributed by atoms with E-state index in [1.165, 1.54) is 12.4 Å². The summed E-state index contributed by atoms with van der Waals surface area (Å²) in [7, 11) is 0. The Bertz CT molecular complexity index is 1290. The minimum atomic E-state index is -0.261. The molecule has 0 aliphatic carbocycles. The lowest BCUT2D eigenvalue weighted by Crippen LogP contribution is -2.15. The van der Waals surface area contributed by atoms with Crippen molar-refractivity contribution in [3.05, 3.63) is 69.5 Å². The molecule has 0 bridgehead atoms. The highest BCUT2D eigenvalue weighted by Crippen LogP contribution is 2.24. The fourth-order valence-corrected chi connectivity index (χ4v) is 3.39. The summed E-state index contributed by atoms with van der Waals surface area (Å²) in [4.78, 5) is 32.4. The maximum absolute atomic E-state index is 12.6. The summed E-state index contributed by atoms with van der Waals surface area (Å²) in [5.41, 5.74) is 5.60. The second kappa shape index (κ2) is 7.86. The predicted molar refractivity (Wildman–Crippen MR) is 112 cm³/mol. The van der Waals surface area contributed by atoms with E-state index >= 15 is 0 Å². The summed E-state index contributed by atoms with van der Waals surface area (Å²) in [6.45, 7) is 5.80. The van der Waals surface area contributed by atoms with E-state index in [1.807, 2.05) is 39.0 Å². The molecule has 2 N–H and O–H groups in total. The molecule has 1 amide bonds. The molecule has 152 valence electrons. The van der Waals surface area contributed by atoms with Crippen LogP contribution in [0.3, 0.4) is 0 Å². The van der Waals surface area contributed by atoms with Gasteiger partial charge in [0.1, 0.15) is 6.33 Å². The number of aromatic nitrogens is 6. The van der Waals surface area contributed by atoms with Crippen molar-refractivity contribution in [3.8, 4) is 11.3 Å². The van der Waals surface area contributed by atoms with Crippen molar-refractivity contribution < 1.29 is 4.79 Å². The number of anilines is 1. The second-order valence-corrected chi connectivity index (χ2v) is 7.12. The minimum Gasteiger partial charge on any atom is -0.326 e. The van der Waals surface area contributed by atoms with Gasteiger partial charge in [0, 0.05) is 35.1 Å². The summed E-state index contributed by atoms with van der Waals surface area (Å²) < 4.78 is 1.69. The number of hydrogen-bond donors (Lipinski definition) is 2. The van der Waals surface area contributed by atoms with Crippen LogP contribution in [0.4, 0.5) is 5.69 Å². The number of rotatable bonds is 5. The van der Waals surface area contributed by atoms with E-state index in [9.17, 15) is 9.59 Å². The van der Waals surface area contributed by atoms with Crippen LogP contribution >= 0.6 is 0 Å². The third kappa shape index (κ3) is 3.82.